The van der Waals surface area contributed by atoms with E-state index in [0.717, 1.165) is 0 Å². The predicted molar refractivity (Wildman–Crippen MR) is 202 cm³/mol. The first-order chi connectivity index (χ1) is 27.3. The van der Waals surface area contributed by atoms with Crippen molar-refractivity contribution in [2.24, 2.45) is 0 Å². The number of benzene rings is 4. The van der Waals surface area contributed by atoms with E-state index in [0.29, 0.717) is 56.8 Å². The Morgan fingerprint density at radius 1 is 0.439 bits per heavy atom. The Bertz CT molecular complexity index is 1920. The number of rotatable bonds is 16. The normalized spacial score (nSPS) is 11.8. The molecule has 0 aliphatic heterocycles. The molecule has 2 aliphatic rings. The van der Waals surface area contributed by atoms with Gasteiger partial charge in [-0.25, -0.2) is 9.59 Å². The molecular weight excluding hydrogens is 776 g/mol. The first-order valence-corrected chi connectivity index (χ1v) is 17.3. The smallest absolute Gasteiger partial charge is 0.609 e. The molecule has 12 nitrogen and oxygen atoms in total. The van der Waals surface area contributed by atoms with Gasteiger partial charge in [-0.1, -0.05) is 48.6 Å². The molecule has 0 atom stereocenters. The fourth-order valence-electron chi connectivity index (χ4n) is 4.77. The summed E-state index contributed by atoms with van der Waals surface area (Å²) in [6.45, 7) is 0.681. The van der Waals surface area contributed by atoms with Crippen LogP contribution in [0.3, 0.4) is 0 Å². The SMILES string of the molecule is COc1ccc(OC(=O)c2ccc(OCCOC([O-])=C3C=CC=C3)cc2)cc1.COc1ccc(OC(=O)c2ccc(OCCOC([O-])=C3C=CC=C3)cc2)cc1.[Fe+2]. The van der Waals surface area contributed by atoms with Crippen LogP contribution in [0.2, 0.25) is 0 Å². The number of carbonyl (C=O) groups is 2. The van der Waals surface area contributed by atoms with Crippen molar-refractivity contribution in [3.63, 3.8) is 0 Å². The molecule has 0 fully saturated rings. The van der Waals surface area contributed by atoms with E-state index < -0.39 is 11.9 Å². The number of ether oxygens (including phenoxy) is 8. The Kier molecular flexibility index (Phi) is 17.0. The second-order valence-electron chi connectivity index (χ2n) is 11.5. The first-order valence-electron chi connectivity index (χ1n) is 17.3. The Labute approximate surface area is 340 Å². The van der Waals surface area contributed by atoms with Crippen LogP contribution < -0.4 is 38.6 Å². The summed E-state index contributed by atoms with van der Waals surface area (Å²) in [6.07, 6.45) is 13.8. The van der Waals surface area contributed by atoms with Crippen molar-refractivity contribution < 1.29 is 74.8 Å². The zero-order valence-corrected chi connectivity index (χ0v) is 32.0. The molecule has 0 saturated carbocycles. The minimum Gasteiger partial charge on any atom is -0.609 e. The van der Waals surface area contributed by atoms with Crippen LogP contribution >= 0.6 is 0 Å². The van der Waals surface area contributed by atoms with Crippen molar-refractivity contribution in [2.45, 2.75) is 0 Å². The topological polar surface area (TPSA) is 154 Å². The van der Waals surface area contributed by atoms with Gasteiger partial charge in [0.15, 0.2) is 0 Å². The van der Waals surface area contributed by atoms with Crippen LogP contribution in [0.4, 0.5) is 0 Å². The van der Waals surface area contributed by atoms with Crippen molar-refractivity contribution in [3.05, 3.63) is 180 Å². The van der Waals surface area contributed by atoms with E-state index >= 15 is 0 Å². The number of hydrogen-bond donors (Lipinski definition) is 0. The van der Waals surface area contributed by atoms with Crippen LogP contribution in [-0.4, -0.2) is 52.6 Å². The molecule has 0 amide bonds. The fourth-order valence-corrected chi connectivity index (χ4v) is 4.77. The minimum absolute atomic E-state index is 0. The first kappa shape index (κ1) is 42.9. The van der Waals surface area contributed by atoms with Gasteiger partial charge < -0.3 is 48.1 Å². The van der Waals surface area contributed by atoms with Gasteiger partial charge >= 0.3 is 29.0 Å². The van der Waals surface area contributed by atoms with Crippen molar-refractivity contribution in [2.75, 3.05) is 40.6 Å². The van der Waals surface area contributed by atoms with Crippen LogP contribution in [0.5, 0.6) is 34.5 Å². The monoisotopic (exact) mass is 814 g/mol. The standard InChI is InChI=1S/2C22H20O6.Fe/c2*1-25-18-10-12-20(13-11-18)28-22(24)17-6-8-19(9-7-17)26-14-15-27-21(23)16-4-2-3-5-16;/h2*2-13,23H,14-15H2,1H3;/q;;+2/p-2. The molecule has 2 aliphatic carbocycles. The number of hydrogen-bond acceptors (Lipinski definition) is 12. The second-order valence-corrected chi connectivity index (χ2v) is 11.5. The van der Waals surface area contributed by atoms with E-state index in [1.54, 1.807) is 160 Å². The minimum atomic E-state index is -0.472. The Morgan fingerprint density at radius 3 is 1.05 bits per heavy atom. The summed E-state index contributed by atoms with van der Waals surface area (Å²) < 4.78 is 42.0. The molecule has 0 saturated heterocycles. The van der Waals surface area contributed by atoms with Crippen LogP contribution in [0.1, 0.15) is 20.7 Å². The molecule has 0 unspecified atom stereocenters. The molecule has 0 radical (unpaired) electrons. The Balaban J connectivity index is 0.000000248. The van der Waals surface area contributed by atoms with E-state index in [2.05, 4.69) is 0 Å². The van der Waals surface area contributed by atoms with Gasteiger partial charge in [-0.05, 0) is 108 Å². The summed E-state index contributed by atoms with van der Waals surface area (Å²) >= 11 is 0. The van der Waals surface area contributed by atoms with Crippen molar-refractivity contribution in [1.29, 1.82) is 0 Å². The number of allylic oxidation sites excluding steroid dienone is 10. The third kappa shape index (κ3) is 13.8. The molecule has 0 heterocycles. The van der Waals surface area contributed by atoms with Gasteiger partial charge in [-0.3, -0.25) is 0 Å². The Morgan fingerprint density at radius 2 is 0.737 bits per heavy atom. The molecule has 6 rings (SSSR count). The average molecular weight is 815 g/mol. The van der Waals surface area contributed by atoms with E-state index in [-0.39, 0.29) is 55.4 Å². The van der Waals surface area contributed by atoms with Gasteiger partial charge in [0.05, 0.1) is 50.5 Å². The molecular formula is C44H38FeO12. The summed E-state index contributed by atoms with van der Waals surface area (Å²) in [5.74, 6) is 1.63. The number of methoxy groups -OCH3 is 2. The average Bonchev–Trinajstić information content (AvgIpc) is 3.99. The van der Waals surface area contributed by atoms with Gasteiger partial charge in [0.25, 0.3) is 0 Å². The van der Waals surface area contributed by atoms with E-state index in [4.69, 9.17) is 37.9 Å². The molecule has 13 heteroatoms. The molecule has 57 heavy (non-hydrogen) atoms. The van der Waals surface area contributed by atoms with Crippen LogP contribution in [0, 0.1) is 0 Å². The maximum absolute atomic E-state index is 12.2. The second kappa shape index (κ2) is 22.5. The summed E-state index contributed by atoms with van der Waals surface area (Å²) in [5, 5.41) is 23.4. The third-order valence-electron chi connectivity index (χ3n) is 7.69. The largest absolute Gasteiger partial charge is 2.00 e. The number of esters is 2. The summed E-state index contributed by atoms with van der Waals surface area (Å²) in [6, 6.07) is 26.5. The molecule has 0 spiro atoms. The van der Waals surface area contributed by atoms with E-state index in [1.165, 1.54) is 0 Å². The maximum Gasteiger partial charge on any atom is 2.00 e. The Hall–Kier alpha value is -6.82. The maximum atomic E-state index is 12.2. The van der Waals surface area contributed by atoms with Gasteiger partial charge in [-0.2, -0.15) is 0 Å². The van der Waals surface area contributed by atoms with Gasteiger partial charge in [-0.15, -0.1) is 0 Å². The van der Waals surface area contributed by atoms with Crippen molar-refractivity contribution >= 4 is 11.9 Å². The molecule has 4 aromatic carbocycles. The number of carbonyl (C=O) groups excluding carboxylic acids is 2. The molecule has 294 valence electrons. The van der Waals surface area contributed by atoms with Gasteiger partial charge in [0, 0.05) is 13.2 Å². The predicted octanol–water partition coefficient (Wildman–Crippen LogP) is 6.01. The third-order valence-corrected chi connectivity index (χ3v) is 7.69. The van der Waals surface area contributed by atoms with Crippen LogP contribution in [0.15, 0.2) is 169 Å². The molecule has 0 bridgehead atoms. The zero-order chi connectivity index (χ0) is 39.5. The van der Waals surface area contributed by atoms with Gasteiger partial charge in [0.2, 0.25) is 0 Å². The summed E-state index contributed by atoms with van der Waals surface area (Å²) in [4.78, 5) is 24.4. The van der Waals surface area contributed by atoms with Crippen molar-refractivity contribution in [3.8, 4) is 34.5 Å². The fraction of sp³-hybridized carbons (Fsp3) is 0.136. The summed E-state index contributed by atoms with van der Waals surface area (Å²) in [7, 11) is 3.13. The molecule has 0 aromatic heterocycles. The van der Waals surface area contributed by atoms with E-state index in [9.17, 15) is 19.8 Å². The van der Waals surface area contributed by atoms with Crippen LogP contribution in [-0.2, 0) is 26.5 Å². The quantitative estimate of drug-likeness (QED) is 0.0428. The van der Waals surface area contributed by atoms with E-state index in [1.807, 2.05) is 0 Å². The zero-order valence-electron chi connectivity index (χ0n) is 30.9. The van der Waals surface area contributed by atoms with Crippen molar-refractivity contribution in [1.82, 2.24) is 0 Å². The van der Waals surface area contributed by atoms with Gasteiger partial charge in [0.1, 0.15) is 34.5 Å². The molecule has 0 N–H and O–H groups in total. The van der Waals surface area contributed by atoms with Crippen LogP contribution in [0.25, 0.3) is 0 Å². The molecule has 4 aromatic rings. The summed E-state index contributed by atoms with van der Waals surface area (Å²) in [5.41, 5.74) is 1.82.